The Balaban J connectivity index is 2.02. The van der Waals surface area contributed by atoms with Crippen LogP contribution in [0.2, 0.25) is 0 Å². The van der Waals surface area contributed by atoms with E-state index in [1.54, 1.807) is 24.3 Å². The van der Waals surface area contributed by atoms with Crippen molar-refractivity contribution in [3.63, 3.8) is 0 Å². The number of hydrogen-bond acceptors (Lipinski definition) is 2. The van der Waals surface area contributed by atoms with Crippen molar-refractivity contribution in [2.45, 2.75) is 0 Å². The number of carbonyl (C=O) groups is 1. The third kappa shape index (κ3) is 3.48. The number of nitrogens with one attached hydrogen (secondary N) is 1. The highest BCUT2D eigenvalue weighted by Gasteiger charge is 2.02. The first-order valence-electron chi connectivity index (χ1n) is 5.64. The summed E-state index contributed by atoms with van der Waals surface area (Å²) >= 11 is 0. The minimum absolute atomic E-state index is 0.110. The molecule has 2 aromatic carbocycles. The Hall–Kier alpha value is -2.49. The van der Waals surface area contributed by atoms with Gasteiger partial charge in [0.05, 0.1) is 5.69 Å². The molecule has 2 aromatic rings. The smallest absolute Gasteiger partial charge is 0.187 e. The molecule has 0 unspecified atom stereocenters. The zero-order valence-electron chi connectivity index (χ0n) is 9.94. The summed E-state index contributed by atoms with van der Waals surface area (Å²) in [6.45, 7) is 0. The number of anilines is 1. The summed E-state index contributed by atoms with van der Waals surface area (Å²) in [5.74, 6) is -1.56. The third-order valence-electron chi connectivity index (χ3n) is 2.46. The van der Waals surface area contributed by atoms with E-state index < -0.39 is 11.6 Å². The molecule has 0 aliphatic carbocycles. The van der Waals surface area contributed by atoms with Crippen LogP contribution in [0.5, 0.6) is 0 Å². The number of ketones is 1. The molecule has 4 heteroatoms. The van der Waals surface area contributed by atoms with E-state index >= 15 is 0 Å². The predicted molar refractivity (Wildman–Crippen MR) is 69.9 cm³/mol. The molecule has 0 spiro atoms. The molecule has 0 saturated carbocycles. The van der Waals surface area contributed by atoms with Crippen LogP contribution in [0.15, 0.2) is 60.8 Å². The van der Waals surface area contributed by atoms with Gasteiger partial charge in [0.2, 0.25) is 0 Å². The molecule has 96 valence electrons. The van der Waals surface area contributed by atoms with Gasteiger partial charge in [-0.2, -0.15) is 0 Å². The molecule has 0 radical (unpaired) electrons. The lowest BCUT2D eigenvalue weighted by molar-refractivity contribution is 0.104. The van der Waals surface area contributed by atoms with Gasteiger partial charge in [-0.05, 0) is 12.1 Å². The van der Waals surface area contributed by atoms with Crippen molar-refractivity contribution in [2.75, 3.05) is 5.32 Å². The Morgan fingerprint density at radius 1 is 1.05 bits per heavy atom. The molecule has 2 nitrogen and oxygen atoms in total. The van der Waals surface area contributed by atoms with E-state index in [0.717, 1.165) is 12.1 Å². The second-order valence-corrected chi connectivity index (χ2v) is 3.83. The van der Waals surface area contributed by atoms with Crippen LogP contribution in [0.3, 0.4) is 0 Å². The standard InChI is InChI=1S/C15H11F2NO/c16-12-6-7-14(13(17)10-12)18-9-8-15(19)11-4-2-1-3-5-11/h1-10,18H/b9-8-. The van der Waals surface area contributed by atoms with Crippen LogP contribution >= 0.6 is 0 Å². The normalized spacial score (nSPS) is 10.6. The molecule has 0 aliphatic heterocycles. The maximum absolute atomic E-state index is 13.3. The quantitative estimate of drug-likeness (QED) is 0.669. The number of benzene rings is 2. The highest BCUT2D eigenvalue weighted by molar-refractivity contribution is 6.04. The van der Waals surface area contributed by atoms with E-state index in [1.807, 2.05) is 6.07 Å². The number of hydrogen-bond donors (Lipinski definition) is 1. The first kappa shape index (κ1) is 13.0. The van der Waals surface area contributed by atoms with Gasteiger partial charge < -0.3 is 5.32 Å². The van der Waals surface area contributed by atoms with E-state index in [-0.39, 0.29) is 11.5 Å². The van der Waals surface area contributed by atoms with Gasteiger partial charge in [-0.25, -0.2) is 8.78 Å². The third-order valence-corrected chi connectivity index (χ3v) is 2.46. The van der Waals surface area contributed by atoms with Gasteiger partial charge in [-0.15, -0.1) is 0 Å². The second kappa shape index (κ2) is 5.91. The summed E-state index contributed by atoms with van der Waals surface area (Å²) in [5, 5.41) is 2.60. The van der Waals surface area contributed by atoms with Crippen molar-refractivity contribution in [3.05, 3.63) is 78.0 Å². The minimum Gasteiger partial charge on any atom is -0.359 e. The van der Waals surface area contributed by atoms with Gasteiger partial charge in [-0.3, -0.25) is 4.79 Å². The van der Waals surface area contributed by atoms with Gasteiger partial charge in [0.1, 0.15) is 11.6 Å². The van der Waals surface area contributed by atoms with Crippen molar-refractivity contribution in [3.8, 4) is 0 Å². The highest BCUT2D eigenvalue weighted by atomic mass is 19.1. The van der Waals surface area contributed by atoms with Crippen LogP contribution in [-0.2, 0) is 0 Å². The number of rotatable bonds is 4. The van der Waals surface area contributed by atoms with Crippen LogP contribution in [0.4, 0.5) is 14.5 Å². The molecule has 0 atom stereocenters. The molecule has 0 bridgehead atoms. The molecular weight excluding hydrogens is 248 g/mol. The van der Waals surface area contributed by atoms with Gasteiger partial charge >= 0.3 is 0 Å². The molecule has 2 rings (SSSR count). The average molecular weight is 259 g/mol. The summed E-state index contributed by atoms with van der Waals surface area (Å²) in [5.41, 5.74) is 0.652. The minimum atomic E-state index is -0.711. The van der Waals surface area contributed by atoms with Crippen LogP contribution in [-0.4, -0.2) is 5.78 Å². The molecule has 0 amide bonds. The molecule has 0 aliphatic rings. The van der Waals surface area contributed by atoms with Gasteiger partial charge in [0, 0.05) is 23.9 Å². The molecule has 1 N–H and O–H groups in total. The molecular formula is C15H11F2NO. The zero-order chi connectivity index (χ0) is 13.7. The van der Waals surface area contributed by atoms with Crippen LogP contribution in [0, 0.1) is 11.6 Å². The monoisotopic (exact) mass is 259 g/mol. The van der Waals surface area contributed by atoms with E-state index in [0.29, 0.717) is 5.56 Å². The molecule has 0 heterocycles. The Kier molecular flexibility index (Phi) is 4.03. The Morgan fingerprint density at radius 3 is 2.47 bits per heavy atom. The van der Waals surface area contributed by atoms with E-state index in [1.165, 1.54) is 18.3 Å². The summed E-state index contributed by atoms with van der Waals surface area (Å²) in [4.78, 5) is 11.7. The maximum atomic E-state index is 13.3. The fourth-order valence-electron chi connectivity index (χ4n) is 1.51. The van der Waals surface area contributed by atoms with Crippen LogP contribution < -0.4 is 5.32 Å². The Bertz CT molecular complexity index is 609. The summed E-state index contributed by atoms with van der Waals surface area (Å²) in [7, 11) is 0. The molecule has 0 saturated heterocycles. The summed E-state index contributed by atoms with van der Waals surface area (Å²) in [6, 6.07) is 11.9. The lowest BCUT2D eigenvalue weighted by atomic mass is 10.1. The van der Waals surface area contributed by atoms with Crippen LogP contribution in [0.1, 0.15) is 10.4 Å². The van der Waals surface area contributed by atoms with Gasteiger partial charge in [-0.1, -0.05) is 30.3 Å². The SMILES string of the molecule is O=C(/C=C\Nc1ccc(F)cc1F)c1ccccc1. The van der Waals surface area contributed by atoms with Crippen molar-refractivity contribution < 1.29 is 13.6 Å². The number of carbonyl (C=O) groups excluding carboxylic acids is 1. The predicted octanol–water partition coefficient (Wildman–Crippen LogP) is 3.77. The first-order valence-corrected chi connectivity index (χ1v) is 5.64. The fraction of sp³-hybridized carbons (Fsp3) is 0. The largest absolute Gasteiger partial charge is 0.359 e. The van der Waals surface area contributed by atoms with Gasteiger partial charge in [0.25, 0.3) is 0 Å². The van der Waals surface area contributed by atoms with Crippen LogP contribution in [0.25, 0.3) is 0 Å². The topological polar surface area (TPSA) is 29.1 Å². The van der Waals surface area contributed by atoms with E-state index in [9.17, 15) is 13.6 Å². The number of halogens is 2. The average Bonchev–Trinajstić information content (AvgIpc) is 2.42. The van der Waals surface area contributed by atoms with Crippen molar-refractivity contribution >= 4 is 11.5 Å². The molecule has 19 heavy (non-hydrogen) atoms. The van der Waals surface area contributed by atoms with Gasteiger partial charge in [0.15, 0.2) is 5.78 Å². The molecule has 0 aromatic heterocycles. The molecule has 0 fully saturated rings. The highest BCUT2D eigenvalue weighted by Crippen LogP contribution is 2.14. The maximum Gasteiger partial charge on any atom is 0.187 e. The van der Waals surface area contributed by atoms with E-state index in [2.05, 4.69) is 5.32 Å². The first-order chi connectivity index (χ1) is 9.16. The van der Waals surface area contributed by atoms with Crippen molar-refractivity contribution in [1.29, 1.82) is 0 Å². The zero-order valence-corrected chi connectivity index (χ0v) is 9.94. The Labute approximate surface area is 109 Å². The summed E-state index contributed by atoms with van der Waals surface area (Å²) in [6.07, 6.45) is 2.61. The number of allylic oxidation sites excluding steroid dienone is 1. The van der Waals surface area contributed by atoms with E-state index in [4.69, 9.17) is 0 Å². The second-order valence-electron chi connectivity index (χ2n) is 3.83. The van der Waals surface area contributed by atoms with Crippen molar-refractivity contribution in [1.82, 2.24) is 0 Å². The summed E-state index contributed by atoms with van der Waals surface area (Å²) < 4.78 is 26.0. The lowest BCUT2D eigenvalue weighted by Gasteiger charge is -2.02. The lowest BCUT2D eigenvalue weighted by Crippen LogP contribution is -1.97. The fourth-order valence-corrected chi connectivity index (χ4v) is 1.51. The van der Waals surface area contributed by atoms with Crippen molar-refractivity contribution in [2.24, 2.45) is 0 Å². The Morgan fingerprint density at radius 2 is 1.79 bits per heavy atom.